The average molecular weight is 264 g/mol. The van der Waals surface area contributed by atoms with Crippen molar-refractivity contribution in [2.24, 2.45) is 0 Å². The van der Waals surface area contributed by atoms with E-state index in [1.54, 1.807) is 11.0 Å². The van der Waals surface area contributed by atoms with Crippen molar-refractivity contribution in [1.82, 2.24) is 0 Å². The van der Waals surface area contributed by atoms with Gasteiger partial charge in [-0.1, -0.05) is 35.9 Å². The van der Waals surface area contributed by atoms with E-state index in [0.717, 1.165) is 17.1 Å². The van der Waals surface area contributed by atoms with Crippen LogP contribution in [0.25, 0.3) is 0 Å². The van der Waals surface area contributed by atoms with E-state index in [-0.39, 0.29) is 5.91 Å². The van der Waals surface area contributed by atoms with Gasteiger partial charge in [-0.25, -0.2) is 0 Å². The van der Waals surface area contributed by atoms with Gasteiger partial charge in [0.05, 0.1) is 6.54 Å². The number of para-hydroxylation sites is 1. The zero-order valence-corrected chi connectivity index (χ0v) is 11.3. The quantitative estimate of drug-likeness (QED) is 0.922. The van der Waals surface area contributed by atoms with Crippen molar-refractivity contribution >= 4 is 17.3 Å². The van der Waals surface area contributed by atoms with E-state index >= 15 is 0 Å². The largest absolute Gasteiger partial charge is 0.357 e. The third-order valence-corrected chi connectivity index (χ3v) is 3.32. The summed E-state index contributed by atoms with van der Waals surface area (Å²) in [7, 11) is 0. The van der Waals surface area contributed by atoms with Gasteiger partial charge in [-0.05, 0) is 31.2 Å². The number of aryl methyl sites for hydroxylation is 1. The van der Waals surface area contributed by atoms with Gasteiger partial charge in [0.25, 0.3) is 5.91 Å². The van der Waals surface area contributed by atoms with Crippen molar-refractivity contribution in [3.05, 3.63) is 71.9 Å². The lowest BCUT2D eigenvalue weighted by Crippen LogP contribution is -2.25. The first-order chi connectivity index (χ1) is 9.72. The zero-order chi connectivity index (χ0) is 13.9. The Balaban J connectivity index is 1.73. The molecule has 1 amide bonds. The number of anilines is 2. The Bertz CT molecular complexity index is 644. The van der Waals surface area contributed by atoms with Gasteiger partial charge in [-0.2, -0.15) is 0 Å². The van der Waals surface area contributed by atoms with E-state index < -0.39 is 0 Å². The fourth-order valence-electron chi connectivity index (χ4n) is 2.25. The van der Waals surface area contributed by atoms with Gasteiger partial charge in [-0.3, -0.25) is 4.79 Å². The maximum atomic E-state index is 12.0. The summed E-state index contributed by atoms with van der Waals surface area (Å²) in [6, 6.07) is 17.9. The van der Waals surface area contributed by atoms with Crippen molar-refractivity contribution in [2.45, 2.75) is 6.92 Å². The fraction of sp³-hybridized carbons (Fsp3) is 0.118. The van der Waals surface area contributed by atoms with Gasteiger partial charge in [0.15, 0.2) is 0 Å². The molecule has 0 spiro atoms. The molecule has 0 radical (unpaired) electrons. The molecule has 3 rings (SSSR count). The van der Waals surface area contributed by atoms with Crippen LogP contribution in [0.4, 0.5) is 11.4 Å². The Morgan fingerprint density at radius 3 is 2.40 bits per heavy atom. The highest BCUT2D eigenvalue weighted by atomic mass is 16.2. The first kappa shape index (κ1) is 12.5. The van der Waals surface area contributed by atoms with E-state index in [9.17, 15) is 4.79 Å². The van der Waals surface area contributed by atoms with Crippen LogP contribution in [0.15, 0.2) is 66.4 Å². The molecule has 0 aliphatic carbocycles. The molecule has 20 heavy (non-hydrogen) atoms. The summed E-state index contributed by atoms with van der Waals surface area (Å²) in [5.41, 5.74) is 4.07. The fourth-order valence-corrected chi connectivity index (χ4v) is 2.25. The Kier molecular flexibility index (Phi) is 3.25. The topological polar surface area (TPSA) is 32.3 Å². The summed E-state index contributed by atoms with van der Waals surface area (Å²) in [5.74, 6) is 0.0193. The minimum atomic E-state index is 0.0193. The van der Waals surface area contributed by atoms with Gasteiger partial charge in [0.2, 0.25) is 0 Å². The van der Waals surface area contributed by atoms with Crippen molar-refractivity contribution in [2.75, 3.05) is 16.8 Å². The normalized spacial score (nSPS) is 14.3. The summed E-state index contributed by atoms with van der Waals surface area (Å²) in [6.07, 6.45) is 1.66. The SMILES string of the molecule is Cc1ccc(NC2=CC(=O)N(c3ccccc3)C2)cc1. The van der Waals surface area contributed by atoms with Crippen molar-refractivity contribution in [3.8, 4) is 0 Å². The van der Waals surface area contributed by atoms with E-state index in [0.29, 0.717) is 6.54 Å². The Labute approximate surface area is 118 Å². The molecule has 100 valence electrons. The Morgan fingerprint density at radius 1 is 1.00 bits per heavy atom. The van der Waals surface area contributed by atoms with Gasteiger partial charge in [0, 0.05) is 23.1 Å². The van der Waals surface area contributed by atoms with Crippen LogP contribution < -0.4 is 10.2 Å². The summed E-state index contributed by atoms with van der Waals surface area (Å²) in [4.78, 5) is 13.8. The van der Waals surface area contributed by atoms with Gasteiger partial charge in [-0.15, -0.1) is 0 Å². The van der Waals surface area contributed by atoms with Crippen LogP contribution in [0, 0.1) is 6.92 Å². The van der Waals surface area contributed by atoms with Crippen LogP contribution in [0.5, 0.6) is 0 Å². The van der Waals surface area contributed by atoms with E-state index in [4.69, 9.17) is 0 Å². The molecule has 2 aromatic rings. The molecular formula is C17H16N2O. The third-order valence-electron chi connectivity index (χ3n) is 3.32. The summed E-state index contributed by atoms with van der Waals surface area (Å²) < 4.78 is 0. The van der Waals surface area contributed by atoms with Gasteiger partial charge >= 0.3 is 0 Å². The highest BCUT2D eigenvalue weighted by molar-refractivity contribution is 6.05. The number of rotatable bonds is 3. The molecule has 3 heteroatoms. The molecule has 3 nitrogen and oxygen atoms in total. The number of carbonyl (C=O) groups is 1. The maximum absolute atomic E-state index is 12.0. The maximum Gasteiger partial charge on any atom is 0.253 e. The van der Waals surface area contributed by atoms with Crippen LogP contribution in [-0.4, -0.2) is 12.5 Å². The van der Waals surface area contributed by atoms with E-state index in [1.807, 2.05) is 42.5 Å². The van der Waals surface area contributed by atoms with Crippen molar-refractivity contribution in [1.29, 1.82) is 0 Å². The highest BCUT2D eigenvalue weighted by Crippen LogP contribution is 2.22. The Hall–Kier alpha value is -2.55. The lowest BCUT2D eigenvalue weighted by molar-refractivity contribution is -0.113. The number of carbonyl (C=O) groups excluding carboxylic acids is 1. The number of amides is 1. The van der Waals surface area contributed by atoms with Crippen LogP contribution in [0.2, 0.25) is 0 Å². The second-order valence-electron chi connectivity index (χ2n) is 4.92. The minimum Gasteiger partial charge on any atom is -0.357 e. The number of hydrogen-bond donors (Lipinski definition) is 1. The van der Waals surface area contributed by atoms with Crippen LogP contribution >= 0.6 is 0 Å². The van der Waals surface area contributed by atoms with Gasteiger partial charge in [0.1, 0.15) is 0 Å². The molecule has 0 saturated carbocycles. The minimum absolute atomic E-state index is 0.0193. The van der Waals surface area contributed by atoms with Crippen LogP contribution in [0.3, 0.4) is 0 Å². The lowest BCUT2D eigenvalue weighted by atomic mass is 10.2. The zero-order valence-electron chi connectivity index (χ0n) is 11.3. The predicted octanol–water partition coefficient (Wildman–Crippen LogP) is 3.34. The Morgan fingerprint density at radius 2 is 1.70 bits per heavy atom. The molecule has 0 unspecified atom stereocenters. The van der Waals surface area contributed by atoms with Crippen molar-refractivity contribution < 1.29 is 4.79 Å². The van der Waals surface area contributed by atoms with E-state index in [2.05, 4.69) is 24.4 Å². The number of benzene rings is 2. The smallest absolute Gasteiger partial charge is 0.253 e. The monoisotopic (exact) mass is 264 g/mol. The highest BCUT2D eigenvalue weighted by Gasteiger charge is 2.22. The second kappa shape index (κ2) is 5.21. The average Bonchev–Trinajstić information content (AvgIpc) is 2.83. The van der Waals surface area contributed by atoms with E-state index in [1.165, 1.54) is 5.56 Å². The standard InChI is InChI=1S/C17H16N2O/c1-13-7-9-14(10-8-13)18-15-11-17(20)19(12-15)16-5-3-2-4-6-16/h2-11,18H,12H2,1H3. The number of hydrogen-bond acceptors (Lipinski definition) is 2. The molecule has 0 aromatic heterocycles. The van der Waals surface area contributed by atoms with Crippen LogP contribution in [0.1, 0.15) is 5.56 Å². The van der Waals surface area contributed by atoms with Crippen molar-refractivity contribution in [3.63, 3.8) is 0 Å². The van der Waals surface area contributed by atoms with Gasteiger partial charge < -0.3 is 10.2 Å². The molecule has 0 fully saturated rings. The summed E-state index contributed by atoms with van der Waals surface area (Å²) in [6.45, 7) is 2.63. The molecule has 1 N–H and O–H groups in total. The molecular weight excluding hydrogens is 248 g/mol. The number of nitrogens with zero attached hydrogens (tertiary/aromatic N) is 1. The molecule has 1 aliphatic rings. The first-order valence-electron chi connectivity index (χ1n) is 6.63. The predicted molar refractivity (Wildman–Crippen MR) is 81.7 cm³/mol. The lowest BCUT2D eigenvalue weighted by Gasteiger charge is -2.17. The molecule has 0 saturated heterocycles. The molecule has 2 aromatic carbocycles. The second-order valence-corrected chi connectivity index (χ2v) is 4.92. The molecule has 0 bridgehead atoms. The first-order valence-corrected chi connectivity index (χ1v) is 6.63. The third kappa shape index (κ3) is 2.57. The molecule has 1 aliphatic heterocycles. The summed E-state index contributed by atoms with van der Waals surface area (Å²) in [5, 5.41) is 3.30. The summed E-state index contributed by atoms with van der Waals surface area (Å²) >= 11 is 0. The molecule has 1 heterocycles. The molecule has 0 atom stereocenters. The van der Waals surface area contributed by atoms with Crippen LogP contribution in [-0.2, 0) is 4.79 Å². The number of nitrogens with one attached hydrogen (secondary N) is 1.